The van der Waals surface area contributed by atoms with Gasteiger partial charge in [0.05, 0.1) is 24.9 Å². The van der Waals surface area contributed by atoms with Gasteiger partial charge in [0, 0.05) is 73.4 Å². The molecule has 1 fully saturated rings. The molecule has 0 bridgehead atoms. The molecule has 346 valence electrons. The van der Waals surface area contributed by atoms with E-state index in [1.165, 1.54) is 11.2 Å². The highest BCUT2D eigenvalue weighted by Gasteiger charge is 2.40. The number of aromatic nitrogens is 8. The van der Waals surface area contributed by atoms with E-state index in [0.717, 1.165) is 54.9 Å². The maximum absolute atomic E-state index is 13.3. The van der Waals surface area contributed by atoms with Crippen LogP contribution in [-0.4, -0.2) is 86.8 Å². The average molecular weight is 908 g/mol. The first kappa shape index (κ1) is 45.7. The van der Waals surface area contributed by atoms with E-state index in [1.54, 1.807) is 36.5 Å². The van der Waals surface area contributed by atoms with Crippen molar-refractivity contribution in [3.8, 4) is 17.3 Å². The zero-order valence-electron chi connectivity index (χ0n) is 37.5. The number of unbranched alkanes of at least 4 members (excludes halogenated alkanes) is 3. The summed E-state index contributed by atoms with van der Waals surface area (Å²) in [6, 6.07) is 21.1. The van der Waals surface area contributed by atoms with Gasteiger partial charge in [-0.05, 0) is 106 Å². The SMILES string of the molecule is C[C@@H](NC(=O)c1cccc(NCc2nnc(-c3ccncn3)n2C)c1)c1cccc(OCCCCCn2cc(CCCCC(=O)Nc3cccc4c3CN(C3CCC(=O)NC3=O)C4=O)nn2)c1. The Bertz CT molecular complexity index is 2740. The Labute approximate surface area is 387 Å². The maximum atomic E-state index is 13.3. The van der Waals surface area contributed by atoms with Crippen molar-refractivity contribution in [2.75, 3.05) is 17.2 Å². The number of benzene rings is 3. The molecule has 5 heterocycles. The summed E-state index contributed by atoms with van der Waals surface area (Å²) in [5.74, 6) is 0.663. The Morgan fingerprint density at radius 1 is 0.940 bits per heavy atom. The molecular formula is C48H53N13O6. The standard InChI is InChI=1S/C48H53N13O6/c1-31(52-46(64)33-12-8-14-34(25-33)50-27-42-56-57-45(59(42)2)40-21-22-49-30-51-40)32-11-9-15-36(26-32)67-24-7-3-6-23-60-28-35(55-58-60)13-4-5-18-43(62)53-39-17-10-16-37-38(39)29-61(48(37)66)41-19-20-44(63)54-47(41)65/h8-12,14-17,21-22,25-26,28,30-31,41,50H,3-7,13,18-20,23-24,27,29H2,1-2H3,(H,52,64)(H,53,62)(H,54,63,65)/t31-,41?/m1/s1. The van der Waals surface area contributed by atoms with Crippen LogP contribution in [0.3, 0.4) is 0 Å². The van der Waals surface area contributed by atoms with E-state index in [9.17, 15) is 24.0 Å². The van der Waals surface area contributed by atoms with Crippen LogP contribution in [0.2, 0.25) is 0 Å². The first-order chi connectivity index (χ1) is 32.6. The van der Waals surface area contributed by atoms with E-state index >= 15 is 0 Å². The lowest BCUT2D eigenvalue weighted by molar-refractivity contribution is -0.137. The molecule has 19 nitrogen and oxygen atoms in total. The molecule has 2 atom stereocenters. The van der Waals surface area contributed by atoms with Gasteiger partial charge >= 0.3 is 0 Å². The molecule has 0 saturated carbocycles. The third kappa shape index (κ3) is 11.5. The van der Waals surface area contributed by atoms with Gasteiger partial charge in [0.15, 0.2) is 11.6 Å². The summed E-state index contributed by atoms with van der Waals surface area (Å²) >= 11 is 0. The average Bonchev–Trinajstić information content (AvgIpc) is 4.05. The number of anilines is 2. The highest BCUT2D eigenvalue weighted by atomic mass is 16.5. The van der Waals surface area contributed by atoms with Crippen LogP contribution in [0.25, 0.3) is 11.5 Å². The van der Waals surface area contributed by atoms with Gasteiger partial charge in [0.2, 0.25) is 17.7 Å². The van der Waals surface area contributed by atoms with Crippen LogP contribution in [0.1, 0.15) is 108 Å². The highest BCUT2D eigenvalue weighted by molar-refractivity contribution is 6.06. The second kappa shape index (κ2) is 21.4. The van der Waals surface area contributed by atoms with E-state index in [2.05, 4.69) is 51.7 Å². The van der Waals surface area contributed by atoms with Gasteiger partial charge in [-0.15, -0.1) is 15.3 Å². The summed E-state index contributed by atoms with van der Waals surface area (Å²) in [6.07, 6.45) is 10.7. The number of nitrogens with one attached hydrogen (secondary N) is 4. The fraction of sp³-hybridized carbons (Fsp3) is 0.354. The van der Waals surface area contributed by atoms with E-state index < -0.39 is 11.9 Å². The van der Waals surface area contributed by atoms with Gasteiger partial charge in [0.1, 0.15) is 23.8 Å². The number of imide groups is 1. The topological polar surface area (TPSA) is 233 Å². The number of carbonyl (C=O) groups is 5. The van der Waals surface area contributed by atoms with E-state index in [4.69, 9.17) is 4.74 Å². The molecule has 1 unspecified atom stereocenters. The van der Waals surface area contributed by atoms with Crippen molar-refractivity contribution < 1.29 is 28.7 Å². The summed E-state index contributed by atoms with van der Waals surface area (Å²) in [5, 5.41) is 28.9. The predicted molar refractivity (Wildman–Crippen MR) is 246 cm³/mol. The first-order valence-corrected chi connectivity index (χ1v) is 22.6. The molecule has 3 aromatic heterocycles. The molecule has 4 N–H and O–H groups in total. The minimum Gasteiger partial charge on any atom is -0.494 e. The molecule has 5 amide bonds. The number of hydrogen-bond donors (Lipinski definition) is 4. The molecule has 0 aliphatic carbocycles. The monoisotopic (exact) mass is 907 g/mol. The lowest BCUT2D eigenvalue weighted by atomic mass is 10.0. The van der Waals surface area contributed by atoms with Crippen molar-refractivity contribution in [3.63, 3.8) is 0 Å². The third-order valence-electron chi connectivity index (χ3n) is 11.9. The molecule has 0 spiro atoms. The number of amides is 5. The van der Waals surface area contributed by atoms with Crippen LogP contribution in [-0.2, 0) is 47.5 Å². The number of hydrogen-bond acceptors (Lipinski definition) is 13. The summed E-state index contributed by atoms with van der Waals surface area (Å²) in [6.45, 7) is 3.84. The number of aryl methyl sites for hydroxylation is 2. The van der Waals surface area contributed by atoms with Gasteiger partial charge in [-0.3, -0.25) is 34.0 Å². The smallest absolute Gasteiger partial charge is 0.255 e. The predicted octanol–water partition coefficient (Wildman–Crippen LogP) is 5.33. The van der Waals surface area contributed by atoms with Crippen LogP contribution in [0.15, 0.2) is 91.5 Å². The normalized spacial score (nSPS) is 14.9. The van der Waals surface area contributed by atoms with Gasteiger partial charge in [-0.2, -0.15) is 0 Å². The second-order valence-corrected chi connectivity index (χ2v) is 16.7. The third-order valence-corrected chi connectivity index (χ3v) is 11.9. The van der Waals surface area contributed by atoms with Crippen molar-refractivity contribution in [1.82, 2.24) is 55.3 Å². The summed E-state index contributed by atoms with van der Waals surface area (Å²) < 4.78 is 9.80. The Kier molecular flexibility index (Phi) is 14.6. The largest absolute Gasteiger partial charge is 0.494 e. The molecule has 2 aliphatic heterocycles. The van der Waals surface area contributed by atoms with Crippen LogP contribution in [0.4, 0.5) is 11.4 Å². The quantitative estimate of drug-likeness (QED) is 0.0529. The van der Waals surface area contributed by atoms with Crippen molar-refractivity contribution in [1.29, 1.82) is 0 Å². The fourth-order valence-electron chi connectivity index (χ4n) is 8.16. The minimum atomic E-state index is -0.716. The molecule has 19 heteroatoms. The zero-order chi connectivity index (χ0) is 46.7. The Balaban J connectivity index is 0.700. The Morgan fingerprint density at radius 2 is 1.81 bits per heavy atom. The van der Waals surface area contributed by atoms with Crippen LogP contribution in [0, 0.1) is 0 Å². The number of ether oxygens (including phenoxy) is 1. The Hall–Kier alpha value is -7.83. The van der Waals surface area contributed by atoms with Crippen molar-refractivity contribution in [2.24, 2.45) is 7.05 Å². The zero-order valence-corrected chi connectivity index (χ0v) is 37.5. The Morgan fingerprint density at radius 3 is 2.66 bits per heavy atom. The first-order valence-electron chi connectivity index (χ1n) is 22.6. The molecule has 8 rings (SSSR count). The van der Waals surface area contributed by atoms with Crippen molar-refractivity contribution in [3.05, 3.63) is 125 Å². The molecule has 3 aromatic carbocycles. The number of piperidine rings is 1. The van der Waals surface area contributed by atoms with Crippen LogP contribution in [0.5, 0.6) is 5.75 Å². The maximum Gasteiger partial charge on any atom is 0.255 e. The van der Waals surface area contributed by atoms with E-state index in [1.807, 2.05) is 71.9 Å². The molecular weight excluding hydrogens is 855 g/mol. The molecule has 0 radical (unpaired) electrons. The summed E-state index contributed by atoms with van der Waals surface area (Å²) in [5.41, 5.74) is 5.48. The lowest BCUT2D eigenvalue weighted by Crippen LogP contribution is -2.52. The molecule has 1 saturated heterocycles. The molecule has 67 heavy (non-hydrogen) atoms. The number of fused-ring (bicyclic) bond motifs is 1. The summed E-state index contributed by atoms with van der Waals surface area (Å²) in [4.78, 5) is 73.0. The van der Waals surface area contributed by atoms with Gasteiger partial charge in [0.25, 0.3) is 11.8 Å². The fourth-order valence-corrected chi connectivity index (χ4v) is 8.16. The second-order valence-electron chi connectivity index (χ2n) is 16.7. The van der Waals surface area contributed by atoms with Crippen molar-refractivity contribution in [2.45, 2.75) is 96.4 Å². The van der Waals surface area contributed by atoms with Crippen LogP contribution < -0.4 is 26.0 Å². The number of rotatable bonds is 21. The van der Waals surface area contributed by atoms with Gasteiger partial charge in [-0.25, -0.2) is 9.97 Å². The lowest BCUT2D eigenvalue weighted by Gasteiger charge is -2.29. The van der Waals surface area contributed by atoms with Gasteiger partial charge in [-0.1, -0.05) is 29.5 Å². The minimum absolute atomic E-state index is 0.155. The van der Waals surface area contributed by atoms with Crippen LogP contribution >= 0.6 is 0 Å². The van der Waals surface area contributed by atoms with Crippen molar-refractivity contribution >= 4 is 40.9 Å². The van der Waals surface area contributed by atoms with E-state index in [-0.39, 0.29) is 49.1 Å². The summed E-state index contributed by atoms with van der Waals surface area (Å²) in [7, 11) is 1.88. The molecule has 2 aliphatic rings. The van der Waals surface area contributed by atoms with Gasteiger partial charge < -0.3 is 30.2 Å². The number of carbonyl (C=O) groups excluding carboxylic acids is 5. The molecule has 6 aromatic rings. The highest BCUT2D eigenvalue weighted by Crippen LogP contribution is 2.32. The van der Waals surface area contributed by atoms with E-state index in [0.29, 0.717) is 72.1 Å². The number of nitrogens with zero attached hydrogens (tertiary/aromatic N) is 9.